The number of hydrogen-bond donors (Lipinski definition) is 2. The van der Waals surface area contributed by atoms with Crippen LogP contribution >= 0.6 is 11.3 Å². The molecule has 0 aliphatic rings. The number of aryl methyl sites for hydroxylation is 1. The van der Waals surface area contributed by atoms with Crippen LogP contribution in [-0.2, 0) is 11.3 Å². The molecule has 0 saturated heterocycles. The first kappa shape index (κ1) is 18.5. The van der Waals surface area contributed by atoms with Crippen LogP contribution < -0.4 is 10.2 Å². The summed E-state index contributed by atoms with van der Waals surface area (Å²) in [5.41, 5.74) is 4.28. The maximum absolute atomic E-state index is 12.6. The number of amides is 1. The van der Waals surface area contributed by atoms with Gasteiger partial charge in [0.25, 0.3) is 5.91 Å². The van der Waals surface area contributed by atoms with Gasteiger partial charge < -0.3 is 10.2 Å². The van der Waals surface area contributed by atoms with Crippen molar-refractivity contribution in [1.82, 2.24) is 4.98 Å². The van der Waals surface area contributed by atoms with Crippen molar-refractivity contribution in [1.29, 1.82) is 0 Å². The van der Waals surface area contributed by atoms with Crippen LogP contribution in [0.25, 0.3) is 10.2 Å². The van der Waals surface area contributed by atoms with Crippen LogP contribution in [-0.4, -0.2) is 24.5 Å². The van der Waals surface area contributed by atoms with E-state index < -0.39 is 0 Å². The van der Waals surface area contributed by atoms with Crippen LogP contribution in [0.15, 0.2) is 42.5 Å². The molecule has 136 valence electrons. The molecule has 2 aromatic carbocycles. The maximum Gasteiger partial charge on any atom is 0.279 e. The zero-order chi connectivity index (χ0) is 18.7. The summed E-state index contributed by atoms with van der Waals surface area (Å²) in [4.78, 5) is 18.4. The van der Waals surface area contributed by atoms with Crippen molar-refractivity contribution in [2.24, 2.45) is 0 Å². The van der Waals surface area contributed by atoms with Crippen molar-refractivity contribution >= 4 is 33.1 Å². The summed E-state index contributed by atoms with van der Waals surface area (Å²) in [6.07, 6.45) is 0. The van der Waals surface area contributed by atoms with Gasteiger partial charge in [-0.2, -0.15) is 0 Å². The lowest BCUT2D eigenvalue weighted by molar-refractivity contribution is -0.885. The molecule has 0 radical (unpaired) electrons. The standard InChI is InChI=1S/C21H25N3OS/c1-14(2)16-9-7-8-15(3)21(16)23-19(25)12-24(4)13-20-22-17-10-5-6-11-18(17)26-20/h5-11,14H,12-13H2,1-4H3,(H,23,25)/p+1. The minimum atomic E-state index is 0.0415. The molecule has 3 aromatic rings. The molecule has 0 aliphatic carbocycles. The number of nitrogens with zero attached hydrogens (tertiary/aromatic N) is 1. The minimum absolute atomic E-state index is 0.0415. The lowest BCUT2D eigenvalue weighted by Crippen LogP contribution is -3.08. The Labute approximate surface area is 158 Å². The van der Waals surface area contributed by atoms with Gasteiger partial charge in [0.15, 0.2) is 6.54 Å². The van der Waals surface area contributed by atoms with Crippen molar-refractivity contribution in [2.75, 3.05) is 18.9 Å². The predicted octanol–water partition coefficient (Wildman–Crippen LogP) is 3.38. The monoisotopic (exact) mass is 368 g/mol. The van der Waals surface area contributed by atoms with E-state index in [1.165, 1.54) is 10.3 Å². The number of carbonyl (C=O) groups is 1. The molecule has 26 heavy (non-hydrogen) atoms. The van der Waals surface area contributed by atoms with Crippen LogP contribution in [0.3, 0.4) is 0 Å². The van der Waals surface area contributed by atoms with Gasteiger partial charge in [0.2, 0.25) is 0 Å². The molecule has 0 fully saturated rings. The summed E-state index contributed by atoms with van der Waals surface area (Å²) in [6, 6.07) is 14.3. The Morgan fingerprint density at radius 1 is 1.19 bits per heavy atom. The highest BCUT2D eigenvalue weighted by Crippen LogP contribution is 2.27. The summed E-state index contributed by atoms with van der Waals surface area (Å²) in [7, 11) is 2.03. The summed E-state index contributed by atoms with van der Waals surface area (Å²) >= 11 is 1.70. The smallest absolute Gasteiger partial charge is 0.279 e. The molecule has 4 nitrogen and oxygen atoms in total. The summed E-state index contributed by atoms with van der Waals surface area (Å²) < 4.78 is 1.20. The van der Waals surface area contributed by atoms with Crippen LogP contribution in [0, 0.1) is 6.92 Å². The van der Waals surface area contributed by atoms with Crippen LogP contribution in [0.2, 0.25) is 0 Å². The lowest BCUT2D eigenvalue weighted by atomic mass is 9.98. The Morgan fingerprint density at radius 3 is 2.69 bits per heavy atom. The highest BCUT2D eigenvalue weighted by Gasteiger charge is 2.16. The van der Waals surface area contributed by atoms with Crippen LogP contribution in [0.1, 0.15) is 35.9 Å². The van der Waals surface area contributed by atoms with E-state index in [0.717, 1.165) is 33.2 Å². The Balaban J connectivity index is 1.64. The van der Waals surface area contributed by atoms with Gasteiger partial charge >= 0.3 is 0 Å². The maximum atomic E-state index is 12.6. The van der Waals surface area contributed by atoms with Crippen molar-refractivity contribution in [3.05, 3.63) is 58.6 Å². The van der Waals surface area contributed by atoms with Gasteiger partial charge in [0, 0.05) is 5.69 Å². The molecule has 0 saturated carbocycles. The number of benzene rings is 2. The third-order valence-corrected chi connectivity index (χ3v) is 5.48. The van der Waals surface area contributed by atoms with Gasteiger partial charge in [0.05, 0.1) is 17.3 Å². The first-order chi connectivity index (χ1) is 12.4. The fraction of sp³-hybridized carbons (Fsp3) is 0.333. The van der Waals surface area contributed by atoms with E-state index in [1.54, 1.807) is 11.3 Å². The topological polar surface area (TPSA) is 46.4 Å². The van der Waals surface area contributed by atoms with E-state index in [0.29, 0.717) is 12.5 Å². The number of carbonyl (C=O) groups excluding carboxylic acids is 1. The number of nitrogens with one attached hydrogen (secondary N) is 2. The van der Waals surface area contributed by atoms with Crippen molar-refractivity contribution in [3.8, 4) is 0 Å². The number of rotatable bonds is 6. The van der Waals surface area contributed by atoms with Crippen molar-refractivity contribution in [2.45, 2.75) is 33.2 Å². The quantitative estimate of drug-likeness (QED) is 0.701. The fourth-order valence-electron chi connectivity index (χ4n) is 3.12. The van der Waals surface area contributed by atoms with E-state index in [2.05, 4.69) is 36.3 Å². The molecule has 1 aromatic heterocycles. The SMILES string of the molecule is Cc1cccc(C(C)C)c1NC(=O)C[NH+](C)Cc1nc2ccccc2s1. The number of likely N-dealkylation sites (N-methyl/N-ethyl adjacent to an activating group) is 1. The van der Waals surface area contributed by atoms with E-state index >= 15 is 0 Å². The largest absolute Gasteiger partial charge is 0.324 e. The number of fused-ring (bicyclic) bond motifs is 1. The average molecular weight is 369 g/mol. The Morgan fingerprint density at radius 2 is 1.96 bits per heavy atom. The molecule has 1 atom stereocenters. The van der Waals surface area contributed by atoms with Gasteiger partial charge in [0.1, 0.15) is 11.6 Å². The number of para-hydroxylation sites is 2. The lowest BCUT2D eigenvalue weighted by Gasteiger charge is -2.17. The second kappa shape index (κ2) is 7.98. The van der Waals surface area contributed by atoms with E-state index in [-0.39, 0.29) is 5.91 Å². The molecule has 1 unspecified atom stereocenters. The van der Waals surface area contributed by atoms with Gasteiger partial charge in [-0.1, -0.05) is 44.2 Å². The molecule has 0 bridgehead atoms. The van der Waals surface area contributed by atoms with Crippen LogP contribution in [0.4, 0.5) is 5.69 Å². The highest BCUT2D eigenvalue weighted by atomic mass is 32.1. The molecule has 1 amide bonds. The zero-order valence-electron chi connectivity index (χ0n) is 15.8. The molecule has 2 N–H and O–H groups in total. The van der Waals surface area contributed by atoms with Gasteiger partial charge in [-0.05, 0) is 36.1 Å². The third kappa shape index (κ3) is 4.29. The minimum Gasteiger partial charge on any atom is -0.324 e. The summed E-state index contributed by atoms with van der Waals surface area (Å²) in [6.45, 7) is 7.50. The predicted molar refractivity (Wildman–Crippen MR) is 109 cm³/mol. The third-order valence-electron chi connectivity index (χ3n) is 4.44. The van der Waals surface area contributed by atoms with E-state index in [1.807, 2.05) is 44.3 Å². The molecule has 0 spiro atoms. The summed E-state index contributed by atoms with van der Waals surface area (Å²) in [5, 5.41) is 4.19. The molecule has 3 rings (SSSR count). The second-order valence-electron chi connectivity index (χ2n) is 7.13. The first-order valence-electron chi connectivity index (χ1n) is 8.99. The number of aromatic nitrogens is 1. The Kier molecular flexibility index (Phi) is 5.69. The van der Waals surface area contributed by atoms with Gasteiger partial charge in [-0.15, -0.1) is 11.3 Å². The molecular weight excluding hydrogens is 342 g/mol. The molecule has 5 heteroatoms. The van der Waals surface area contributed by atoms with E-state index in [4.69, 9.17) is 0 Å². The van der Waals surface area contributed by atoms with Gasteiger partial charge in [-0.3, -0.25) is 4.79 Å². The number of quaternary nitrogens is 1. The molecular formula is C21H26N3OS+. The Hall–Kier alpha value is -2.24. The fourth-order valence-corrected chi connectivity index (χ4v) is 4.20. The Bertz CT molecular complexity index is 884. The molecule has 0 aliphatic heterocycles. The summed E-state index contributed by atoms with van der Waals surface area (Å²) in [5.74, 6) is 0.415. The average Bonchev–Trinajstić information content (AvgIpc) is 2.98. The van der Waals surface area contributed by atoms with Crippen molar-refractivity contribution in [3.63, 3.8) is 0 Å². The highest BCUT2D eigenvalue weighted by molar-refractivity contribution is 7.18. The van der Waals surface area contributed by atoms with E-state index in [9.17, 15) is 4.79 Å². The second-order valence-corrected chi connectivity index (χ2v) is 8.24. The normalized spacial score (nSPS) is 12.5. The van der Waals surface area contributed by atoms with Gasteiger partial charge in [-0.25, -0.2) is 4.98 Å². The number of anilines is 1. The van der Waals surface area contributed by atoms with Crippen molar-refractivity contribution < 1.29 is 9.69 Å². The number of hydrogen-bond acceptors (Lipinski definition) is 3. The zero-order valence-corrected chi connectivity index (χ0v) is 16.6. The number of thiazole rings is 1. The molecule has 1 heterocycles. The first-order valence-corrected chi connectivity index (χ1v) is 9.81. The van der Waals surface area contributed by atoms with Crippen LogP contribution in [0.5, 0.6) is 0 Å².